The quantitative estimate of drug-likeness (QED) is 0.192. The van der Waals surface area contributed by atoms with Gasteiger partial charge >= 0.3 is 18.7 Å². The number of carbonyl (C=O) groups is 2. The van der Waals surface area contributed by atoms with Crippen molar-refractivity contribution in [3.05, 3.63) is 75.5 Å². The van der Waals surface area contributed by atoms with Crippen LogP contribution in [0.4, 0.5) is 19.3 Å². The third kappa shape index (κ3) is 9.58. The van der Waals surface area contributed by atoms with Crippen LogP contribution in [0.15, 0.2) is 48.8 Å². The highest BCUT2D eigenvalue weighted by Crippen LogP contribution is 2.41. The summed E-state index contributed by atoms with van der Waals surface area (Å²) in [5.74, 6) is 0.212. The first kappa shape index (κ1) is 34.1. The molecule has 3 atom stereocenters. The lowest BCUT2D eigenvalue weighted by Crippen LogP contribution is -2.27. The Labute approximate surface area is 270 Å². The lowest BCUT2D eigenvalue weighted by molar-refractivity contribution is -0.0515. The summed E-state index contributed by atoms with van der Waals surface area (Å²) >= 11 is 12.8. The second kappa shape index (κ2) is 14.5. The molecule has 4 rings (SSSR count). The topological polar surface area (TPSA) is 105 Å². The molecular formula is C32H34Cl2F2N2O7. The Hall–Kier alpha value is -3.83. The zero-order valence-corrected chi connectivity index (χ0v) is 26.9. The number of pyridine rings is 1. The van der Waals surface area contributed by atoms with Gasteiger partial charge in [0, 0.05) is 18.8 Å². The number of methoxy groups -OCH3 is 1. The molecule has 1 saturated carbocycles. The molecule has 242 valence electrons. The van der Waals surface area contributed by atoms with Gasteiger partial charge in [-0.3, -0.25) is 10.3 Å². The minimum Gasteiger partial charge on any atom is -0.495 e. The SMILES string of the molecule is COc1ccc(C(=O)O[C@@H](Cc2c(Cl)cncc2Cl)c2ccc(OC(F)F)c(OCC3C[C@@H]3C)c2)cc1NC(=O)OC(C)(C)C. The van der Waals surface area contributed by atoms with E-state index in [2.05, 4.69) is 17.2 Å². The minimum atomic E-state index is -3.07. The maximum absolute atomic E-state index is 13.6. The summed E-state index contributed by atoms with van der Waals surface area (Å²) in [5.41, 5.74) is 0.363. The van der Waals surface area contributed by atoms with Gasteiger partial charge in [0.1, 0.15) is 17.5 Å². The highest BCUT2D eigenvalue weighted by atomic mass is 35.5. The van der Waals surface area contributed by atoms with Crippen LogP contribution in [0.5, 0.6) is 17.2 Å². The second-order valence-corrected chi connectivity index (χ2v) is 12.4. The fourth-order valence-corrected chi connectivity index (χ4v) is 4.97. The van der Waals surface area contributed by atoms with Crippen LogP contribution >= 0.6 is 23.2 Å². The lowest BCUT2D eigenvalue weighted by atomic mass is 10.0. The van der Waals surface area contributed by atoms with Gasteiger partial charge in [-0.05, 0) is 80.5 Å². The normalized spacial score (nSPS) is 16.5. The van der Waals surface area contributed by atoms with Crippen LogP contribution in [0.3, 0.4) is 0 Å². The van der Waals surface area contributed by atoms with Crippen molar-refractivity contribution < 1.29 is 42.1 Å². The van der Waals surface area contributed by atoms with Crippen LogP contribution in [-0.2, 0) is 15.9 Å². The van der Waals surface area contributed by atoms with Crippen molar-refractivity contribution in [2.45, 2.75) is 58.9 Å². The maximum Gasteiger partial charge on any atom is 0.412 e. The highest BCUT2D eigenvalue weighted by Gasteiger charge is 2.33. The van der Waals surface area contributed by atoms with Gasteiger partial charge in [0.25, 0.3) is 0 Å². The molecular weight excluding hydrogens is 633 g/mol. The molecule has 45 heavy (non-hydrogen) atoms. The van der Waals surface area contributed by atoms with E-state index in [9.17, 15) is 18.4 Å². The molecule has 1 aromatic heterocycles. The molecule has 9 nitrogen and oxygen atoms in total. The zero-order valence-electron chi connectivity index (χ0n) is 25.4. The summed E-state index contributed by atoms with van der Waals surface area (Å²) in [7, 11) is 1.41. The van der Waals surface area contributed by atoms with Gasteiger partial charge in [0.15, 0.2) is 11.5 Å². The van der Waals surface area contributed by atoms with Gasteiger partial charge in [0.2, 0.25) is 0 Å². The summed E-state index contributed by atoms with van der Waals surface area (Å²) in [6.45, 7) is 4.47. The first-order valence-corrected chi connectivity index (χ1v) is 14.9. The van der Waals surface area contributed by atoms with Crippen LogP contribution in [-0.4, -0.2) is 43.0 Å². The molecule has 0 saturated heterocycles. The van der Waals surface area contributed by atoms with Crippen LogP contribution in [0.1, 0.15) is 61.7 Å². The maximum atomic E-state index is 13.6. The van der Waals surface area contributed by atoms with E-state index in [1.807, 2.05) is 0 Å². The van der Waals surface area contributed by atoms with E-state index in [4.69, 9.17) is 46.9 Å². The van der Waals surface area contributed by atoms with E-state index in [1.165, 1.54) is 55.9 Å². The van der Waals surface area contributed by atoms with Gasteiger partial charge < -0.3 is 23.7 Å². The molecule has 1 N–H and O–H groups in total. The van der Waals surface area contributed by atoms with Gasteiger partial charge in [0.05, 0.1) is 35.0 Å². The van der Waals surface area contributed by atoms with Crippen molar-refractivity contribution in [2.24, 2.45) is 11.8 Å². The van der Waals surface area contributed by atoms with Gasteiger partial charge in [-0.15, -0.1) is 0 Å². The molecule has 0 spiro atoms. The number of hydrogen-bond acceptors (Lipinski definition) is 8. The second-order valence-electron chi connectivity index (χ2n) is 11.6. The van der Waals surface area contributed by atoms with Crippen LogP contribution in [0, 0.1) is 11.8 Å². The number of esters is 1. The standard InChI is InChI=1S/C32H34Cl2F2N2O7/c1-17-10-20(17)16-42-28-12-18(6-9-26(28)44-30(35)36)27(13-21-22(33)14-37-15-23(21)34)43-29(39)19-7-8-25(41-5)24(11-19)38-31(40)45-32(2,3)4/h6-9,11-12,14-15,17,20,27,30H,10,13,16H2,1-5H3,(H,38,40)/t17-,20?,27-/m0/s1. The summed E-state index contributed by atoms with van der Waals surface area (Å²) in [4.78, 5) is 30.0. The smallest absolute Gasteiger partial charge is 0.412 e. The number of ether oxygens (including phenoxy) is 5. The minimum absolute atomic E-state index is 0.0131. The van der Waals surface area contributed by atoms with E-state index in [1.54, 1.807) is 20.8 Å². The fourth-order valence-electron chi connectivity index (χ4n) is 4.45. The Morgan fingerprint density at radius 1 is 1.04 bits per heavy atom. The molecule has 1 amide bonds. The fraction of sp³-hybridized carbons (Fsp3) is 0.406. The van der Waals surface area contributed by atoms with E-state index in [-0.39, 0.29) is 45.0 Å². The molecule has 0 aliphatic heterocycles. The molecule has 3 aromatic rings. The molecule has 0 bridgehead atoms. The van der Waals surface area contributed by atoms with Crippen LogP contribution in [0.2, 0.25) is 10.0 Å². The number of aromatic nitrogens is 1. The van der Waals surface area contributed by atoms with Crippen molar-refractivity contribution in [1.29, 1.82) is 0 Å². The monoisotopic (exact) mass is 666 g/mol. The van der Waals surface area contributed by atoms with E-state index in [0.29, 0.717) is 29.6 Å². The summed E-state index contributed by atoms with van der Waals surface area (Å²) in [6.07, 6.45) is 2.04. The van der Waals surface area contributed by atoms with Gasteiger partial charge in [-0.1, -0.05) is 36.2 Å². The Bertz CT molecular complexity index is 1510. The molecule has 0 radical (unpaired) electrons. The molecule has 13 heteroatoms. The van der Waals surface area contributed by atoms with Gasteiger partial charge in [-0.25, -0.2) is 9.59 Å². The number of halogens is 4. The molecule has 1 aliphatic rings. The molecule has 1 aliphatic carbocycles. The van der Waals surface area contributed by atoms with Crippen molar-refractivity contribution in [2.75, 3.05) is 19.0 Å². The predicted molar refractivity (Wildman–Crippen MR) is 165 cm³/mol. The van der Waals surface area contributed by atoms with Crippen molar-refractivity contribution in [1.82, 2.24) is 4.98 Å². The van der Waals surface area contributed by atoms with E-state index >= 15 is 0 Å². The van der Waals surface area contributed by atoms with Crippen molar-refractivity contribution >= 4 is 41.0 Å². The average molecular weight is 668 g/mol. The zero-order chi connectivity index (χ0) is 32.9. The number of benzene rings is 2. The number of carbonyl (C=O) groups excluding carboxylic acids is 2. The first-order valence-electron chi connectivity index (χ1n) is 14.1. The van der Waals surface area contributed by atoms with Crippen molar-refractivity contribution in [3.63, 3.8) is 0 Å². The van der Waals surface area contributed by atoms with Gasteiger partial charge in [-0.2, -0.15) is 8.78 Å². The number of hydrogen-bond donors (Lipinski definition) is 1. The molecule has 1 unspecified atom stereocenters. The number of nitrogens with one attached hydrogen (secondary N) is 1. The predicted octanol–water partition coefficient (Wildman–Crippen LogP) is 8.52. The Balaban J connectivity index is 1.67. The summed E-state index contributed by atoms with van der Waals surface area (Å²) in [6, 6.07) is 8.68. The molecule has 1 heterocycles. The number of rotatable bonds is 12. The highest BCUT2D eigenvalue weighted by molar-refractivity contribution is 6.35. The third-order valence-electron chi connectivity index (χ3n) is 6.95. The van der Waals surface area contributed by atoms with E-state index in [0.717, 1.165) is 6.42 Å². The molecule has 2 aromatic carbocycles. The van der Waals surface area contributed by atoms with E-state index < -0.39 is 30.4 Å². The largest absolute Gasteiger partial charge is 0.495 e. The number of nitrogens with zero attached hydrogens (tertiary/aromatic N) is 1. The lowest BCUT2D eigenvalue weighted by Gasteiger charge is -2.22. The third-order valence-corrected chi connectivity index (χ3v) is 7.60. The Kier molecular flexibility index (Phi) is 11.0. The first-order chi connectivity index (χ1) is 21.2. The summed E-state index contributed by atoms with van der Waals surface area (Å²) < 4.78 is 53.6. The number of alkyl halides is 2. The van der Waals surface area contributed by atoms with Crippen LogP contribution in [0.25, 0.3) is 0 Å². The molecule has 1 fully saturated rings. The average Bonchev–Trinajstić information content (AvgIpc) is 3.67. The van der Waals surface area contributed by atoms with Crippen LogP contribution < -0.4 is 19.5 Å². The number of amides is 1. The Morgan fingerprint density at radius 2 is 1.71 bits per heavy atom. The summed E-state index contributed by atoms with van der Waals surface area (Å²) in [5, 5.41) is 3.07. The Morgan fingerprint density at radius 3 is 2.31 bits per heavy atom. The number of anilines is 1. The van der Waals surface area contributed by atoms with Crippen molar-refractivity contribution in [3.8, 4) is 17.2 Å².